The van der Waals surface area contributed by atoms with E-state index in [2.05, 4.69) is 5.32 Å². The molecule has 0 radical (unpaired) electrons. The van der Waals surface area contributed by atoms with E-state index in [1.54, 1.807) is 7.11 Å². The molecule has 2 aromatic carbocycles. The van der Waals surface area contributed by atoms with Crippen LogP contribution in [0.25, 0.3) is 0 Å². The van der Waals surface area contributed by atoms with Gasteiger partial charge in [-0.2, -0.15) is 0 Å². The maximum atomic E-state index is 12.2. The first-order chi connectivity index (χ1) is 10.7. The van der Waals surface area contributed by atoms with Crippen LogP contribution in [0.15, 0.2) is 48.5 Å². The van der Waals surface area contributed by atoms with Crippen molar-refractivity contribution in [1.82, 2.24) is 5.32 Å². The van der Waals surface area contributed by atoms with Gasteiger partial charge in [0.25, 0.3) is 0 Å². The van der Waals surface area contributed by atoms with Crippen molar-refractivity contribution in [3.05, 3.63) is 59.7 Å². The summed E-state index contributed by atoms with van der Waals surface area (Å²) in [5.74, 6) is 1.68. The average Bonchev–Trinajstić information content (AvgIpc) is 2.55. The molecular weight excluding hydrogens is 278 g/mol. The Balaban J connectivity index is 1.58. The van der Waals surface area contributed by atoms with Crippen molar-refractivity contribution in [3.8, 4) is 11.5 Å². The van der Waals surface area contributed by atoms with Crippen LogP contribution in [0.1, 0.15) is 11.1 Å². The first kappa shape index (κ1) is 14.4. The predicted molar refractivity (Wildman–Crippen MR) is 84.3 cm³/mol. The molecule has 114 valence electrons. The van der Waals surface area contributed by atoms with Crippen molar-refractivity contribution in [1.29, 1.82) is 0 Å². The van der Waals surface area contributed by atoms with E-state index in [4.69, 9.17) is 9.47 Å². The smallest absolute Gasteiger partial charge is 0.224 e. The number of fused-ring (bicyclic) bond motifs is 1. The minimum absolute atomic E-state index is 0.00114. The molecule has 1 unspecified atom stereocenters. The van der Waals surface area contributed by atoms with E-state index >= 15 is 0 Å². The third-order valence-corrected chi connectivity index (χ3v) is 3.74. The van der Waals surface area contributed by atoms with Gasteiger partial charge in [-0.05, 0) is 35.7 Å². The number of methoxy groups -OCH3 is 1. The molecular formula is C18H19NO3. The fraction of sp³-hybridized carbons (Fsp3) is 0.278. The Labute approximate surface area is 130 Å². The van der Waals surface area contributed by atoms with Gasteiger partial charge in [0.05, 0.1) is 19.6 Å². The van der Waals surface area contributed by atoms with E-state index < -0.39 is 0 Å². The summed E-state index contributed by atoms with van der Waals surface area (Å²) in [6.45, 7) is 0.515. The molecule has 0 fully saturated rings. The molecule has 0 spiro atoms. The third kappa shape index (κ3) is 3.39. The number of carbonyl (C=O) groups excluding carboxylic acids is 1. The largest absolute Gasteiger partial charge is 0.497 e. The number of amides is 1. The molecule has 1 N–H and O–H groups in total. The molecule has 3 rings (SSSR count). The van der Waals surface area contributed by atoms with Gasteiger partial charge in [-0.1, -0.05) is 30.3 Å². The SMILES string of the molecule is COc1cccc(CC(=O)NC2COc3ccccc3C2)c1. The normalized spacial score (nSPS) is 16.3. The lowest BCUT2D eigenvalue weighted by atomic mass is 10.0. The number of ether oxygens (including phenoxy) is 2. The zero-order valence-corrected chi connectivity index (χ0v) is 12.5. The molecule has 4 nitrogen and oxygen atoms in total. The fourth-order valence-electron chi connectivity index (χ4n) is 2.67. The average molecular weight is 297 g/mol. The highest BCUT2D eigenvalue weighted by Crippen LogP contribution is 2.23. The monoisotopic (exact) mass is 297 g/mol. The fourth-order valence-corrected chi connectivity index (χ4v) is 2.67. The lowest BCUT2D eigenvalue weighted by Gasteiger charge is -2.26. The Bertz CT molecular complexity index is 669. The van der Waals surface area contributed by atoms with Crippen molar-refractivity contribution < 1.29 is 14.3 Å². The maximum absolute atomic E-state index is 12.2. The number of nitrogens with one attached hydrogen (secondary N) is 1. The minimum atomic E-state index is 0.00114. The highest BCUT2D eigenvalue weighted by atomic mass is 16.5. The second-order valence-corrected chi connectivity index (χ2v) is 5.42. The van der Waals surface area contributed by atoms with Crippen molar-refractivity contribution in [2.75, 3.05) is 13.7 Å². The molecule has 22 heavy (non-hydrogen) atoms. The van der Waals surface area contributed by atoms with Crippen LogP contribution in [-0.2, 0) is 17.6 Å². The van der Waals surface area contributed by atoms with Crippen molar-refractivity contribution in [3.63, 3.8) is 0 Å². The Morgan fingerprint density at radius 2 is 2.14 bits per heavy atom. The molecule has 0 aromatic heterocycles. The van der Waals surface area contributed by atoms with Crippen molar-refractivity contribution in [2.45, 2.75) is 18.9 Å². The predicted octanol–water partition coefficient (Wildman–Crippen LogP) is 2.36. The Morgan fingerprint density at radius 3 is 3.00 bits per heavy atom. The van der Waals surface area contributed by atoms with Crippen LogP contribution in [-0.4, -0.2) is 25.7 Å². The number of hydrogen-bond donors (Lipinski definition) is 1. The highest BCUT2D eigenvalue weighted by Gasteiger charge is 2.21. The summed E-state index contributed by atoms with van der Waals surface area (Å²) in [4.78, 5) is 12.2. The van der Waals surface area contributed by atoms with Crippen LogP contribution in [0.3, 0.4) is 0 Å². The van der Waals surface area contributed by atoms with Crippen LogP contribution >= 0.6 is 0 Å². The van der Waals surface area contributed by atoms with Gasteiger partial charge in [-0.3, -0.25) is 4.79 Å². The zero-order chi connectivity index (χ0) is 15.4. The van der Waals surface area contributed by atoms with Gasteiger partial charge in [0.2, 0.25) is 5.91 Å². The van der Waals surface area contributed by atoms with Crippen LogP contribution < -0.4 is 14.8 Å². The van der Waals surface area contributed by atoms with Crippen LogP contribution in [0.2, 0.25) is 0 Å². The van der Waals surface area contributed by atoms with Crippen LogP contribution in [0.5, 0.6) is 11.5 Å². The number of para-hydroxylation sites is 1. The second-order valence-electron chi connectivity index (χ2n) is 5.42. The van der Waals surface area contributed by atoms with Gasteiger partial charge in [0.1, 0.15) is 18.1 Å². The summed E-state index contributed by atoms with van der Waals surface area (Å²) < 4.78 is 10.9. The highest BCUT2D eigenvalue weighted by molar-refractivity contribution is 5.79. The Morgan fingerprint density at radius 1 is 1.27 bits per heavy atom. The molecule has 0 aliphatic carbocycles. The lowest BCUT2D eigenvalue weighted by Crippen LogP contribution is -2.43. The third-order valence-electron chi connectivity index (χ3n) is 3.74. The Hall–Kier alpha value is -2.49. The molecule has 1 heterocycles. The summed E-state index contributed by atoms with van der Waals surface area (Å²) in [6, 6.07) is 15.5. The van der Waals surface area contributed by atoms with E-state index in [1.165, 1.54) is 0 Å². The van der Waals surface area contributed by atoms with Crippen LogP contribution in [0.4, 0.5) is 0 Å². The quantitative estimate of drug-likeness (QED) is 0.942. The zero-order valence-electron chi connectivity index (χ0n) is 12.5. The molecule has 1 aliphatic rings. The summed E-state index contributed by atoms with van der Waals surface area (Å²) in [5, 5.41) is 3.04. The molecule has 0 bridgehead atoms. The molecule has 1 atom stereocenters. The minimum Gasteiger partial charge on any atom is -0.497 e. The first-order valence-electron chi connectivity index (χ1n) is 7.37. The number of benzene rings is 2. The standard InChI is InChI=1S/C18H19NO3/c1-21-16-7-4-5-13(9-16)10-18(20)19-15-11-14-6-2-3-8-17(14)22-12-15/h2-9,15H,10-12H2,1H3,(H,19,20). The van der Waals surface area contributed by atoms with Crippen molar-refractivity contribution >= 4 is 5.91 Å². The van der Waals surface area contributed by atoms with E-state index in [0.717, 1.165) is 29.0 Å². The van der Waals surface area contributed by atoms with Gasteiger partial charge < -0.3 is 14.8 Å². The summed E-state index contributed by atoms with van der Waals surface area (Å²) in [6.07, 6.45) is 1.15. The molecule has 0 saturated carbocycles. The molecule has 2 aromatic rings. The van der Waals surface area contributed by atoms with Crippen LogP contribution in [0, 0.1) is 0 Å². The maximum Gasteiger partial charge on any atom is 0.224 e. The molecule has 0 saturated heterocycles. The molecule has 1 aliphatic heterocycles. The lowest BCUT2D eigenvalue weighted by molar-refractivity contribution is -0.121. The molecule has 1 amide bonds. The summed E-state index contributed by atoms with van der Waals surface area (Å²) >= 11 is 0. The Kier molecular flexibility index (Phi) is 4.28. The van der Waals surface area contributed by atoms with E-state index in [0.29, 0.717) is 13.0 Å². The van der Waals surface area contributed by atoms with E-state index in [1.807, 2.05) is 48.5 Å². The molecule has 4 heteroatoms. The number of carbonyl (C=O) groups is 1. The van der Waals surface area contributed by atoms with E-state index in [-0.39, 0.29) is 11.9 Å². The van der Waals surface area contributed by atoms with Crippen molar-refractivity contribution in [2.24, 2.45) is 0 Å². The van der Waals surface area contributed by atoms with Gasteiger partial charge in [0, 0.05) is 0 Å². The first-order valence-corrected chi connectivity index (χ1v) is 7.37. The van der Waals surface area contributed by atoms with E-state index in [9.17, 15) is 4.79 Å². The summed E-state index contributed by atoms with van der Waals surface area (Å²) in [7, 11) is 1.62. The second kappa shape index (κ2) is 6.52. The number of hydrogen-bond acceptors (Lipinski definition) is 3. The van der Waals surface area contributed by atoms with Gasteiger partial charge in [0.15, 0.2) is 0 Å². The van der Waals surface area contributed by atoms with Gasteiger partial charge >= 0.3 is 0 Å². The van der Waals surface area contributed by atoms with Gasteiger partial charge in [-0.15, -0.1) is 0 Å². The number of rotatable bonds is 4. The van der Waals surface area contributed by atoms with Gasteiger partial charge in [-0.25, -0.2) is 0 Å². The topological polar surface area (TPSA) is 47.6 Å². The summed E-state index contributed by atoms with van der Waals surface area (Å²) in [5.41, 5.74) is 2.08.